The number of thioether (sulfide) groups is 1. The van der Waals surface area contributed by atoms with Crippen LogP contribution in [0.5, 0.6) is 0 Å². The summed E-state index contributed by atoms with van der Waals surface area (Å²) < 4.78 is 0. The smallest absolute Gasteiger partial charge is 0.0153 e. The Morgan fingerprint density at radius 2 is 2.00 bits per heavy atom. The van der Waals surface area contributed by atoms with Gasteiger partial charge in [0.2, 0.25) is 0 Å². The van der Waals surface area contributed by atoms with E-state index in [-0.39, 0.29) is 0 Å². The van der Waals surface area contributed by atoms with Crippen LogP contribution < -0.4 is 0 Å². The highest BCUT2D eigenvalue weighted by Gasteiger charge is 1.92. The zero-order valence-electron chi connectivity index (χ0n) is 6.56. The molecule has 1 aromatic carbocycles. The fraction of sp³-hybridized carbons (Fsp3) is 0.333. The fourth-order valence-corrected chi connectivity index (χ4v) is 1.53. The number of rotatable bonds is 1. The van der Waals surface area contributed by atoms with Crippen molar-refractivity contribution in [1.29, 1.82) is 0 Å². The molecule has 1 aromatic rings. The summed E-state index contributed by atoms with van der Waals surface area (Å²) in [6.45, 7) is 4.19. The molecule has 0 aliphatic rings. The molecule has 0 aliphatic heterocycles. The summed E-state index contributed by atoms with van der Waals surface area (Å²) in [6, 6.07) is 7.55. The van der Waals surface area contributed by atoms with Crippen LogP contribution in [-0.4, -0.2) is 6.26 Å². The van der Waals surface area contributed by atoms with Gasteiger partial charge in [0.1, 0.15) is 0 Å². The number of benzene rings is 1. The molecule has 0 spiro atoms. The summed E-state index contributed by atoms with van der Waals surface area (Å²) in [7, 11) is 0. The van der Waals surface area contributed by atoms with Gasteiger partial charge in [-0.15, -0.1) is 11.8 Å². The third-order valence-electron chi connectivity index (χ3n) is 1.34. The Kier molecular flexibility index (Phi) is 2.39. The van der Waals surface area contributed by atoms with Gasteiger partial charge in [-0.25, -0.2) is 0 Å². The molecule has 0 N–H and O–H groups in total. The number of hydrogen-bond donors (Lipinski definition) is 0. The Labute approximate surface area is 66.6 Å². The first-order chi connectivity index (χ1) is 4.72. The molecule has 53 valence electrons. The van der Waals surface area contributed by atoms with Crippen molar-refractivity contribution in [2.45, 2.75) is 18.7 Å². The van der Waals surface area contributed by atoms with Crippen molar-refractivity contribution in [3.8, 4) is 0 Å². The summed E-state index contributed by atoms with van der Waals surface area (Å²) >= 11 is 1.74. The highest BCUT2D eigenvalue weighted by Crippen LogP contribution is 2.16. The lowest BCUT2D eigenvalue weighted by Gasteiger charge is -1.98. The molecule has 1 heteroatoms. The summed E-state index contributed by atoms with van der Waals surface area (Å²) in [5.41, 5.74) is 2.55. The second-order valence-corrected chi connectivity index (χ2v) is 3.26. The van der Waals surface area contributed by atoms with Crippen molar-refractivity contribution in [2.75, 3.05) is 6.26 Å². The van der Waals surface area contributed by atoms with Gasteiger partial charge in [-0.3, -0.25) is 0 Å². The van der Waals surface area contributed by atoms with Crippen LogP contribution in [0, 0.1) is 19.9 Å². The highest BCUT2D eigenvalue weighted by molar-refractivity contribution is 7.98. The maximum atomic E-state index is 3.26. The van der Waals surface area contributed by atoms with Gasteiger partial charge in [-0.2, -0.15) is 0 Å². The molecule has 0 nitrogen and oxygen atoms in total. The Balaban J connectivity index is 3.06. The van der Waals surface area contributed by atoms with E-state index in [1.165, 1.54) is 16.0 Å². The Morgan fingerprint density at radius 1 is 1.30 bits per heavy atom. The lowest BCUT2D eigenvalue weighted by molar-refractivity contribution is 1.29. The van der Waals surface area contributed by atoms with Crippen molar-refractivity contribution in [3.05, 3.63) is 29.3 Å². The van der Waals surface area contributed by atoms with Gasteiger partial charge < -0.3 is 0 Å². The fourth-order valence-electron chi connectivity index (χ4n) is 0.966. The summed E-state index contributed by atoms with van der Waals surface area (Å²) in [6.07, 6.45) is 2.07. The second kappa shape index (κ2) is 3.11. The predicted octanol–water partition coefficient (Wildman–Crippen LogP) is 2.83. The largest absolute Gasteiger partial charge is 0.129 e. The molecule has 0 atom stereocenters. The quantitative estimate of drug-likeness (QED) is 0.556. The van der Waals surface area contributed by atoms with Crippen LogP contribution in [0.3, 0.4) is 0 Å². The van der Waals surface area contributed by atoms with Crippen molar-refractivity contribution in [1.82, 2.24) is 0 Å². The van der Waals surface area contributed by atoms with Gasteiger partial charge in [-0.05, 0) is 43.4 Å². The minimum absolute atomic E-state index is 1.23. The SMILES string of the molecule is CSc1[c]c(C)cc(C)c1. The number of hydrogen-bond acceptors (Lipinski definition) is 1. The van der Waals surface area contributed by atoms with Gasteiger partial charge in [0.15, 0.2) is 0 Å². The zero-order chi connectivity index (χ0) is 7.56. The summed E-state index contributed by atoms with van der Waals surface area (Å²) in [4.78, 5) is 1.23. The van der Waals surface area contributed by atoms with Crippen LogP contribution in [0.4, 0.5) is 0 Å². The molecule has 0 saturated carbocycles. The molecule has 0 aliphatic carbocycles. The maximum Gasteiger partial charge on any atom is 0.0153 e. The Hall–Kier alpha value is -0.430. The second-order valence-electron chi connectivity index (χ2n) is 2.41. The molecular weight excluding hydrogens is 140 g/mol. The lowest BCUT2D eigenvalue weighted by atomic mass is 10.2. The molecule has 0 bridgehead atoms. The molecule has 0 amide bonds. The monoisotopic (exact) mass is 151 g/mol. The van der Waals surface area contributed by atoms with Crippen molar-refractivity contribution in [3.63, 3.8) is 0 Å². The molecule has 0 fully saturated rings. The Morgan fingerprint density at radius 3 is 2.50 bits per heavy atom. The van der Waals surface area contributed by atoms with Gasteiger partial charge in [0.05, 0.1) is 0 Å². The highest BCUT2D eigenvalue weighted by atomic mass is 32.2. The number of aryl methyl sites for hydroxylation is 2. The van der Waals surface area contributed by atoms with Gasteiger partial charge in [0.25, 0.3) is 0 Å². The van der Waals surface area contributed by atoms with Crippen molar-refractivity contribution in [2.24, 2.45) is 0 Å². The van der Waals surface area contributed by atoms with E-state index < -0.39 is 0 Å². The molecule has 1 rings (SSSR count). The molecule has 0 unspecified atom stereocenters. The van der Waals surface area contributed by atoms with Gasteiger partial charge in [0, 0.05) is 4.90 Å². The zero-order valence-corrected chi connectivity index (χ0v) is 7.38. The van der Waals surface area contributed by atoms with E-state index in [0.29, 0.717) is 0 Å². The molecule has 0 heterocycles. The van der Waals surface area contributed by atoms with E-state index in [0.717, 1.165) is 0 Å². The minimum Gasteiger partial charge on any atom is -0.129 e. The topological polar surface area (TPSA) is 0 Å². The first-order valence-corrected chi connectivity index (χ1v) is 4.49. The first kappa shape index (κ1) is 7.67. The van der Waals surface area contributed by atoms with E-state index in [9.17, 15) is 0 Å². The normalized spacial score (nSPS) is 9.90. The maximum absolute atomic E-state index is 3.26. The summed E-state index contributed by atoms with van der Waals surface area (Å²) in [5, 5.41) is 0. The van der Waals surface area contributed by atoms with Crippen LogP contribution in [0.2, 0.25) is 0 Å². The van der Waals surface area contributed by atoms with Crippen LogP contribution >= 0.6 is 11.8 Å². The van der Waals surface area contributed by atoms with Crippen molar-refractivity contribution >= 4 is 11.8 Å². The van der Waals surface area contributed by atoms with E-state index >= 15 is 0 Å². The average Bonchev–Trinajstić information content (AvgIpc) is 1.85. The van der Waals surface area contributed by atoms with Crippen LogP contribution in [0.15, 0.2) is 17.0 Å². The first-order valence-electron chi connectivity index (χ1n) is 3.27. The van der Waals surface area contributed by atoms with E-state index in [4.69, 9.17) is 0 Å². The lowest BCUT2D eigenvalue weighted by Crippen LogP contribution is -1.78. The molecule has 10 heavy (non-hydrogen) atoms. The van der Waals surface area contributed by atoms with Crippen LogP contribution in [-0.2, 0) is 0 Å². The summed E-state index contributed by atoms with van der Waals surface area (Å²) in [5.74, 6) is 0. The van der Waals surface area contributed by atoms with Gasteiger partial charge in [-0.1, -0.05) is 6.07 Å². The molecule has 0 saturated heterocycles. The van der Waals surface area contributed by atoms with E-state index in [1.807, 2.05) is 0 Å². The molecule has 1 radical (unpaired) electrons. The average molecular weight is 151 g/mol. The van der Waals surface area contributed by atoms with E-state index in [1.54, 1.807) is 11.8 Å². The van der Waals surface area contributed by atoms with E-state index in [2.05, 4.69) is 38.3 Å². The molecule has 0 aromatic heterocycles. The predicted molar refractivity (Wildman–Crippen MR) is 46.5 cm³/mol. The minimum atomic E-state index is 1.23. The van der Waals surface area contributed by atoms with Crippen LogP contribution in [0.25, 0.3) is 0 Å². The van der Waals surface area contributed by atoms with Crippen molar-refractivity contribution < 1.29 is 0 Å². The van der Waals surface area contributed by atoms with Crippen LogP contribution in [0.1, 0.15) is 11.1 Å². The third kappa shape index (κ3) is 1.77. The Bertz CT molecular complexity index is 208. The molecular formula is C9H11S. The van der Waals surface area contributed by atoms with Gasteiger partial charge >= 0.3 is 0 Å². The standard InChI is InChI=1S/C9H11S/c1-7-4-8(2)6-9(5-7)10-3/h4-5H,1-3H3. The third-order valence-corrected chi connectivity index (χ3v) is 2.00.